The first kappa shape index (κ1) is 10.8. The molecule has 1 nitrogen and oxygen atoms in total. The molecule has 0 saturated heterocycles. The maximum absolute atomic E-state index is 3.78. The molecule has 0 saturated carbocycles. The Morgan fingerprint density at radius 2 is 1.83 bits per heavy atom. The van der Waals surface area contributed by atoms with E-state index in [4.69, 9.17) is 0 Å². The molecule has 0 bridgehead atoms. The van der Waals surface area contributed by atoms with Crippen LogP contribution in [0.2, 0.25) is 0 Å². The van der Waals surface area contributed by atoms with Crippen LogP contribution in [-0.4, -0.2) is 7.05 Å². The van der Waals surface area contributed by atoms with Crippen molar-refractivity contribution >= 4 is 0 Å². The summed E-state index contributed by atoms with van der Waals surface area (Å²) < 4.78 is 0. The zero-order chi connectivity index (χ0) is 9.56. The summed E-state index contributed by atoms with van der Waals surface area (Å²) in [5, 5.41) is 3.09. The molecule has 12 heavy (non-hydrogen) atoms. The van der Waals surface area contributed by atoms with Crippen molar-refractivity contribution in [2.24, 2.45) is 0 Å². The fraction of sp³-hybridized carbons (Fsp3) is 0.273. The predicted octanol–water partition coefficient (Wildman–Crippen LogP) is 2.80. The third kappa shape index (κ3) is 3.81. The smallest absolute Gasteiger partial charge is 0.0367 e. The van der Waals surface area contributed by atoms with Gasteiger partial charge >= 0.3 is 0 Å². The van der Waals surface area contributed by atoms with E-state index < -0.39 is 0 Å². The van der Waals surface area contributed by atoms with Crippen molar-refractivity contribution in [3.05, 3.63) is 48.2 Å². The molecular formula is C11H17N. The molecule has 0 aromatic rings. The van der Waals surface area contributed by atoms with E-state index >= 15 is 0 Å². The van der Waals surface area contributed by atoms with Crippen molar-refractivity contribution in [3.8, 4) is 0 Å². The maximum Gasteiger partial charge on any atom is 0.0367 e. The Morgan fingerprint density at radius 1 is 1.25 bits per heavy atom. The van der Waals surface area contributed by atoms with E-state index in [2.05, 4.69) is 18.5 Å². The van der Waals surface area contributed by atoms with Gasteiger partial charge in [-0.2, -0.15) is 0 Å². The molecule has 0 aromatic heterocycles. The largest absolute Gasteiger partial charge is 0.388 e. The summed E-state index contributed by atoms with van der Waals surface area (Å²) in [6.07, 6.45) is 5.80. The highest BCUT2D eigenvalue weighted by molar-refractivity contribution is 5.32. The fourth-order valence-electron chi connectivity index (χ4n) is 0.747. The van der Waals surface area contributed by atoms with Gasteiger partial charge in [0.05, 0.1) is 0 Å². The molecule has 66 valence electrons. The summed E-state index contributed by atoms with van der Waals surface area (Å²) in [5.41, 5.74) is 3.25. The molecule has 0 aliphatic rings. The van der Waals surface area contributed by atoms with Gasteiger partial charge in [0.15, 0.2) is 0 Å². The average molecular weight is 163 g/mol. The van der Waals surface area contributed by atoms with Gasteiger partial charge in [-0.15, -0.1) is 0 Å². The Bertz CT molecular complexity index is 231. The topological polar surface area (TPSA) is 12.0 Å². The minimum Gasteiger partial charge on any atom is -0.388 e. The third-order valence-corrected chi connectivity index (χ3v) is 1.53. The standard InChI is InChI=1S/C11H17N/c1-6-10(4)11(12-5)8-7-9(2)3/h6-8,12H,1-2H2,3-5H3/b8-7-,11-10-. The second-order valence-corrected chi connectivity index (χ2v) is 2.73. The molecule has 0 aromatic carbocycles. The summed E-state index contributed by atoms with van der Waals surface area (Å²) in [6, 6.07) is 0. The van der Waals surface area contributed by atoms with Crippen molar-refractivity contribution in [1.82, 2.24) is 5.32 Å². The van der Waals surface area contributed by atoms with Crippen LogP contribution < -0.4 is 5.32 Å². The molecule has 1 N–H and O–H groups in total. The van der Waals surface area contributed by atoms with Gasteiger partial charge in [-0.25, -0.2) is 0 Å². The minimum atomic E-state index is 1.04. The Hall–Kier alpha value is -1.24. The first-order valence-corrected chi connectivity index (χ1v) is 3.96. The number of rotatable bonds is 4. The van der Waals surface area contributed by atoms with E-state index in [0.717, 1.165) is 16.8 Å². The lowest BCUT2D eigenvalue weighted by Gasteiger charge is -2.03. The van der Waals surface area contributed by atoms with Crippen LogP contribution in [0.4, 0.5) is 0 Å². The summed E-state index contributed by atoms with van der Waals surface area (Å²) in [7, 11) is 1.89. The molecule has 0 heterocycles. The fourth-order valence-corrected chi connectivity index (χ4v) is 0.747. The second-order valence-electron chi connectivity index (χ2n) is 2.73. The molecule has 0 aliphatic carbocycles. The molecule has 0 atom stereocenters. The molecule has 0 aliphatic heterocycles. The molecule has 0 rings (SSSR count). The third-order valence-electron chi connectivity index (χ3n) is 1.53. The number of hydrogen-bond acceptors (Lipinski definition) is 1. The van der Waals surface area contributed by atoms with E-state index in [9.17, 15) is 0 Å². The zero-order valence-electron chi connectivity index (χ0n) is 8.15. The monoisotopic (exact) mass is 163 g/mol. The first-order chi connectivity index (χ1) is 5.61. The van der Waals surface area contributed by atoms with Crippen LogP contribution in [0, 0.1) is 0 Å². The quantitative estimate of drug-likeness (QED) is 0.628. The Kier molecular flexibility index (Phi) is 4.86. The first-order valence-electron chi connectivity index (χ1n) is 3.96. The predicted molar refractivity (Wildman–Crippen MR) is 55.9 cm³/mol. The molecule has 0 unspecified atom stereocenters. The summed E-state index contributed by atoms with van der Waals surface area (Å²) >= 11 is 0. The van der Waals surface area contributed by atoms with Gasteiger partial charge in [0.2, 0.25) is 0 Å². The van der Waals surface area contributed by atoms with Crippen molar-refractivity contribution in [3.63, 3.8) is 0 Å². The van der Waals surface area contributed by atoms with Gasteiger partial charge in [0, 0.05) is 12.7 Å². The van der Waals surface area contributed by atoms with Gasteiger partial charge in [0.1, 0.15) is 0 Å². The van der Waals surface area contributed by atoms with Crippen LogP contribution in [0.5, 0.6) is 0 Å². The van der Waals surface area contributed by atoms with E-state index in [1.54, 1.807) is 0 Å². The number of hydrogen-bond donors (Lipinski definition) is 1. The highest BCUT2D eigenvalue weighted by atomic mass is 14.8. The van der Waals surface area contributed by atoms with Crippen LogP contribution in [0.25, 0.3) is 0 Å². The lowest BCUT2D eigenvalue weighted by atomic mass is 10.2. The van der Waals surface area contributed by atoms with E-state index in [1.165, 1.54) is 0 Å². The average Bonchev–Trinajstić information content (AvgIpc) is 2.04. The Balaban J connectivity index is 4.58. The normalized spacial score (nSPS) is 12.6. The molecule has 0 spiro atoms. The SMILES string of the molecule is C=C/C(C)=C(/C=C\C(=C)C)NC. The number of nitrogens with one attached hydrogen (secondary N) is 1. The van der Waals surface area contributed by atoms with E-state index in [-0.39, 0.29) is 0 Å². The number of allylic oxidation sites excluding steroid dienone is 5. The van der Waals surface area contributed by atoms with Crippen LogP contribution in [0.3, 0.4) is 0 Å². The maximum atomic E-state index is 3.78. The molecule has 1 heteroatoms. The zero-order valence-corrected chi connectivity index (χ0v) is 8.15. The summed E-state index contributed by atoms with van der Waals surface area (Å²) in [5.74, 6) is 0. The van der Waals surface area contributed by atoms with Crippen molar-refractivity contribution in [1.29, 1.82) is 0 Å². The van der Waals surface area contributed by atoms with Gasteiger partial charge in [-0.05, 0) is 25.5 Å². The lowest BCUT2D eigenvalue weighted by Crippen LogP contribution is -2.04. The van der Waals surface area contributed by atoms with Gasteiger partial charge in [-0.1, -0.05) is 30.9 Å². The summed E-state index contributed by atoms with van der Waals surface area (Å²) in [6.45, 7) is 11.5. The Morgan fingerprint density at radius 3 is 2.17 bits per heavy atom. The van der Waals surface area contributed by atoms with Gasteiger partial charge in [-0.3, -0.25) is 0 Å². The van der Waals surface area contributed by atoms with Gasteiger partial charge in [0.25, 0.3) is 0 Å². The highest BCUT2D eigenvalue weighted by Crippen LogP contribution is 2.04. The van der Waals surface area contributed by atoms with Crippen LogP contribution in [-0.2, 0) is 0 Å². The molecule has 0 amide bonds. The number of likely N-dealkylation sites (N-methyl/N-ethyl adjacent to an activating group) is 1. The summed E-state index contributed by atoms with van der Waals surface area (Å²) in [4.78, 5) is 0. The van der Waals surface area contributed by atoms with E-state index in [0.29, 0.717) is 0 Å². The minimum absolute atomic E-state index is 1.04. The highest BCUT2D eigenvalue weighted by Gasteiger charge is 1.90. The Labute approximate surface area is 75.2 Å². The van der Waals surface area contributed by atoms with Crippen LogP contribution in [0.1, 0.15) is 13.8 Å². The van der Waals surface area contributed by atoms with Crippen molar-refractivity contribution in [2.75, 3.05) is 7.05 Å². The molecular weight excluding hydrogens is 146 g/mol. The van der Waals surface area contributed by atoms with E-state index in [1.807, 2.05) is 39.1 Å². The van der Waals surface area contributed by atoms with Gasteiger partial charge < -0.3 is 5.32 Å². The second kappa shape index (κ2) is 5.42. The van der Waals surface area contributed by atoms with Crippen LogP contribution >= 0.6 is 0 Å². The molecule has 0 fully saturated rings. The molecule has 0 radical (unpaired) electrons. The van der Waals surface area contributed by atoms with Crippen molar-refractivity contribution in [2.45, 2.75) is 13.8 Å². The lowest BCUT2D eigenvalue weighted by molar-refractivity contribution is 1.01. The van der Waals surface area contributed by atoms with Crippen LogP contribution in [0.15, 0.2) is 48.2 Å². The van der Waals surface area contributed by atoms with Crippen molar-refractivity contribution < 1.29 is 0 Å².